The van der Waals surface area contributed by atoms with Crippen molar-refractivity contribution >= 4 is 26.0 Å². The molecule has 0 aliphatic rings. The molecule has 0 fully saturated rings. The average molecular weight is 305 g/mol. The Morgan fingerprint density at radius 2 is 2.00 bits per heavy atom. The molecular formula is C11H13BrO3S. The first-order valence-corrected chi connectivity index (χ1v) is 7.09. The maximum atomic E-state index is 11.6. The Bertz CT molecular complexity index is 451. The van der Waals surface area contributed by atoms with Crippen LogP contribution in [0, 0.1) is 0 Å². The third kappa shape index (κ3) is 4.08. The molecule has 5 heteroatoms. The molecule has 0 bridgehead atoms. The third-order valence-corrected chi connectivity index (χ3v) is 4.06. The Morgan fingerprint density at radius 1 is 1.38 bits per heavy atom. The molecule has 0 saturated heterocycles. The monoisotopic (exact) mass is 304 g/mol. The van der Waals surface area contributed by atoms with Crippen molar-refractivity contribution in [1.29, 1.82) is 0 Å². The van der Waals surface area contributed by atoms with Gasteiger partial charge >= 0.3 is 0 Å². The minimum atomic E-state index is -3.61. The highest BCUT2D eigenvalue weighted by atomic mass is 79.9. The quantitative estimate of drug-likeness (QED) is 0.785. The van der Waals surface area contributed by atoms with Crippen molar-refractivity contribution in [3.63, 3.8) is 0 Å². The van der Waals surface area contributed by atoms with Crippen LogP contribution in [0.5, 0.6) is 0 Å². The molecule has 0 radical (unpaired) electrons. The lowest BCUT2D eigenvalue weighted by Gasteiger charge is -2.05. The maximum absolute atomic E-state index is 11.6. The second-order valence-corrected chi connectivity index (χ2v) is 5.37. The highest BCUT2D eigenvalue weighted by molar-refractivity contribution is 9.11. The van der Waals surface area contributed by atoms with Gasteiger partial charge in [-0.05, 0) is 30.5 Å². The van der Waals surface area contributed by atoms with Crippen LogP contribution < -0.4 is 0 Å². The molecule has 0 atom stereocenters. The molecule has 0 aliphatic heterocycles. The summed E-state index contributed by atoms with van der Waals surface area (Å²) in [7, 11) is -3.61. The summed E-state index contributed by atoms with van der Waals surface area (Å²) in [6, 6.07) is 8.13. The van der Waals surface area contributed by atoms with E-state index in [1.165, 1.54) is 12.1 Å². The zero-order valence-electron chi connectivity index (χ0n) is 8.89. The van der Waals surface area contributed by atoms with Gasteiger partial charge < -0.3 is 0 Å². The fourth-order valence-corrected chi connectivity index (χ4v) is 2.18. The molecule has 0 unspecified atom stereocenters. The lowest BCUT2D eigenvalue weighted by Crippen LogP contribution is -2.07. The van der Waals surface area contributed by atoms with E-state index in [1.807, 2.05) is 6.92 Å². The van der Waals surface area contributed by atoms with Crippen molar-refractivity contribution in [2.75, 3.05) is 6.61 Å². The van der Waals surface area contributed by atoms with Crippen LogP contribution in [0.3, 0.4) is 0 Å². The third-order valence-electron chi connectivity index (χ3n) is 1.95. The van der Waals surface area contributed by atoms with Crippen LogP contribution >= 0.6 is 15.9 Å². The predicted octanol–water partition coefficient (Wildman–Crippen LogP) is 3.08. The minimum Gasteiger partial charge on any atom is -0.266 e. The second kappa shape index (κ2) is 6.18. The smallest absolute Gasteiger partial charge is 0.266 e. The molecular weight excluding hydrogens is 292 g/mol. The van der Waals surface area contributed by atoms with Gasteiger partial charge in [0.2, 0.25) is 0 Å². The lowest BCUT2D eigenvalue weighted by molar-refractivity contribution is 0.322. The summed E-state index contributed by atoms with van der Waals surface area (Å²) < 4.78 is 28.2. The average Bonchev–Trinajstić information content (AvgIpc) is 2.30. The van der Waals surface area contributed by atoms with Crippen molar-refractivity contribution in [2.24, 2.45) is 0 Å². The zero-order chi connectivity index (χ0) is 12.0. The zero-order valence-corrected chi connectivity index (χ0v) is 11.3. The molecule has 1 aromatic carbocycles. The van der Waals surface area contributed by atoms with Crippen LogP contribution in [-0.2, 0) is 14.3 Å². The summed E-state index contributed by atoms with van der Waals surface area (Å²) in [6.45, 7) is 2.05. The molecule has 0 spiro atoms. The van der Waals surface area contributed by atoms with Gasteiger partial charge in [-0.25, -0.2) is 0 Å². The van der Waals surface area contributed by atoms with E-state index in [0.29, 0.717) is 6.42 Å². The van der Waals surface area contributed by atoms with Gasteiger partial charge in [0.15, 0.2) is 0 Å². The summed E-state index contributed by atoms with van der Waals surface area (Å²) in [6.07, 6.45) is 0.581. The van der Waals surface area contributed by atoms with Crippen LogP contribution in [0.4, 0.5) is 0 Å². The van der Waals surface area contributed by atoms with Gasteiger partial charge in [-0.3, -0.25) is 4.18 Å². The van der Waals surface area contributed by atoms with E-state index < -0.39 is 10.1 Å². The SMILES string of the molecule is C/C(=C\Br)CCOS(=O)(=O)c1ccccc1. The van der Waals surface area contributed by atoms with Gasteiger partial charge in [-0.1, -0.05) is 39.7 Å². The Labute approximate surface area is 104 Å². The van der Waals surface area contributed by atoms with Crippen LogP contribution in [0.15, 0.2) is 45.8 Å². The first kappa shape index (κ1) is 13.4. The fraction of sp³-hybridized carbons (Fsp3) is 0.273. The van der Waals surface area contributed by atoms with Gasteiger partial charge in [0.05, 0.1) is 11.5 Å². The van der Waals surface area contributed by atoms with Gasteiger partial charge in [-0.2, -0.15) is 8.42 Å². The van der Waals surface area contributed by atoms with Crippen molar-refractivity contribution in [3.05, 3.63) is 40.9 Å². The molecule has 0 saturated carbocycles. The summed E-state index contributed by atoms with van der Waals surface area (Å²) in [5, 5.41) is 0. The van der Waals surface area contributed by atoms with Gasteiger partial charge in [0.25, 0.3) is 10.1 Å². The molecule has 0 amide bonds. The first-order valence-electron chi connectivity index (χ1n) is 4.76. The van der Waals surface area contributed by atoms with E-state index in [-0.39, 0.29) is 11.5 Å². The van der Waals surface area contributed by atoms with Crippen LogP contribution in [0.2, 0.25) is 0 Å². The number of benzene rings is 1. The maximum Gasteiger partial charge on any atom is 0.296 e. The van der Waals surface area contributed by atoms with Crippen molar-refractivity contribution in [2.45, 2.75) is 18.2 Å². The van der Waals surface area contributed by atoms with Crippen molar-refractivity contribution < 1.29 is 12.6 Å². The molecule has 88 valence electrons. The largest absolute Gasteiger partial charge is 0.296 e. The summed E-state index contributed by atoms with van der Waals surface area (Å²) >= 11 is 3.17. The molecule has 0 aromatic heterocycles. The van der Waals surface area contributed by atoms with Crippen LogP contribution in [-0.4, -0.2) is 15.0 Å². The summed E-state index contributed by atoms with van der Waals surface area (Å²) in [4.78, 5) is 1.95. The number of halogens is 1. The molecule has 0 heterocycles. The van der Waals surface area contributed by atoms with E-state index in [4.69, 9.17) is 4.18 Å². The second-order valence-electron chi connectivity index (χ2n) is 3.29. The van der Waals surface area contributed by atoms with E-state index in [2.05, 4.69) is 15.9 Å². The summed E-state index contributed by atoms with van der Waals surface area (Å²) in [5.41, 5.74) is 1.03. The highest BCUT2D eigenvalue weighted by Gasteiger charge is 2.13. The van der Waals surface area contributed by atoms with Crippen molar-refractivity contribution in [1.82, 2.24) is 0 Å². The standard InChI is InChI=1S/C11H13BrO3S/c1-10(9-12)7-8-15-16(13,14)11-5-3-2-4-6-11/h2-6,9H,7-8H2,1H3/b10-9+. The fourth-order valence-electron chi connectivity index (χ4n) is 1.02. The Kier molecular flexibility index (Phi) is 5.18. The van der Waals surface area contributed by atoms with E-state index in [0.717, 1.165) is 5.57 Å². The first-order chi connectivity index (χ1) is 7.56. The molecule has 0 aliphatic carbocycles. The molecule has 1 rings (SSSR count). The molecule has 3 nitrogen and oxygen atoms in total. The normalized spacial score (nSPS) is 12.8. The Morgan fingerprint density at radius 3 is 2.56 bits per heavy atom. The van der Waals surface area contributed by atoms with Gasteiger partial charge in [-0.15, -0.1) is 0 Å². The van der Waals surface area contributed by atoms with E-state index in [1.54, 1.807) is 23.2 Å². The van der Waals surface area contributed by atoms with E-state index in [9.17, 15) is 8.42 Å². The minimum absolute atomic E-state index is 0.158. The van der Waals surface area contributed by atoms with Gasteiger partial charge in [0, 0.05) is 0 Å². The Hall–Kier alpha value is -0.650. The lowest BCUT2D eigenvalue weighted by atomic mass is 10.3. The van der Waals surface area contributed by atoms with Crippen LogP contribution in [0.1, 0.15) is 13.3 Å². The molecule has 16 heavy (non-hydrogen) atoms. The van der Waals surface area contributed by atoms with E-state index >= 15 is 0 Å². The van der Waals surface area contributed by atoms with Crippen LogP contribution in [0.25, 0.3) is 0 Å². The number of hydrogen-bond acceptors (Lipinski definition) is 3. The van der Waals surface area contributed by atoms with Crippen molar-refractivity contribution in [3.8, 4) is 0 Å². The Balaban J connectivity index is 2.61. The van der Waals surface area contributed by atoms with Gasteiger partial charge in [0.1, 0.15) is 0 Å². The predicted molar refractivity (Wildman–Crippen MR) is 66.9 cm³/mol. The number of rotatable bonds is 5. The number of hydrogen-bond donors (Lipinski definition) is 0. The summed E-state index contributed by atoms with van der Waals surface area (Å²) in [5.74, 6) is 0. The molecule has 0 N–H and O–H groups in total. The topological polar surface area (TPSA) is 43.4 Å². The molecule has 1 aromatic rings. The highest BCUT2D eigenvalue weighted by Crippen LogP contribution is 2.12.